The Labute approximate surface area is 203 Å². The second-order valence-corrected chi connectivity index (χ2v) is 11.0. The SMILES string of the molecule is C=CC(=O)N1Cc2cnn(Cc3cc(OC)c4c(C(C5CCCCC5)S(N)(=O)=O)noc4c3)c2C1. The first-order valence-corrected chi connectivity index (χ1v) is 13.3. The molecule has 35 heavy (non-hydrogen) atoms. The minimum absolute atomic E-state index is 0.107. The second-order valence-electron chi connectivity index (χ2n) is 9.32. The van der Waals surface area contributed by atoms with E-state index < -0.39 is 15.3 Å². The first-order valence-electron chi connectivity index (χ1n) is 11.7. The predicted octanol–water partition coefficient (Wildman–Crippen LogP) is 3.02. The van der Waals surface area contributed by atoms with Crippen molar-refractivity contribution in [3.63, 3.8) is 0 Å². The van der Waals surface area contributed by atoms with Crippen LogP contribution in [0.25, 0.3) is 11.0 Å². The maximum Gasteiger partial charge on any atom is 0.246 e. The van der Waals surface area contributed by atoms with Crippen LogP contribution in [0.15, 0.2) is 35.5 Å². The normalized spacial score (nSPS) is 17.5. The Balaban J connectivity index is 1.49. The summed E-state index contributed by atoms with van der Waals surface area (Å²) < 4.78 is 38.5. The number of nitrogens with two attached hydrogens (primary N) is 1. The molecule has 1 aliphatic carbocycles. The minimum Gasteiger partial charge on any atom is -0.496 e. The van der Waals surface area contributed by atoms with Crippen molar-refractivity contribution in [2.45, 2.75) is 57.0 Å². The van der Waals surface area contributed by atoms with Crippen LogP contribution < -0.4 is 9.88 Å². The molecule has 1 aromatic carbocycles. The van der Waals surface area contributed by atoms with Gasteiger partial charge in [-0.3, -0.25) is 9.48 Å². The number of methoxy groups -OCH3 is 1. The van der Waals surface area contributed by atoms with E-state index in [0.29, 0.717) is 42.0 Å². The molecular weight excluding hydrogens is 470 g/mol. The van der Waals surface area contributed by atoms with Crippen LogP contribution in [0.3, 0.4) is 0 Å². The van der Waals surface area contributed by atoms with Crippen molar-refractivity contribution in [3.8, 4) is 5.75 Å². The van der Waals surface area contributed by atoms with Gasteiger partial charge in [-0.15, -0.1) is 0 Å². The van der Waals surface area contributed by atoms with Gasteiger partial charge in [0.15, 0.2) is 5.58 Å². The molecule has 3 heterocycles. The van der Waals surface area contributed by atoms with Crippen molar-refractivity contribution in [1.82, 2.24) is 19.8 Å². The lowest BCUT2D eigenvalue weighted by molar-refractivity contribution is -0.126. The summed E-state index contributed by atoms with van der Waals surface area (Å²) in [6, 6.07) is 3.67. The molecule has 5 rings (SSSR count). The monoisotopic (exact) mass is 499 g/mol. The summed E-state index contributed by atoms with van der Waals surface area (Å²) in [5.74, 6) is 0.252. The predicted molar refractivity (Wildman–Crippen MR) is 129 cm³/mol. The van der Waals surface area contributed by atoms with Crippen molar-refractivity contribution >= 4 is 26.9 Å². The number of sulfonamides is 1. The van der Waals surface area contributed by atoms with Crippen molar-refractivity contribution in [2.24, 2.45) is 11.1 Å². The molecule has 0 spiro atoms. The number of nitrogens with zero attached hydrogens (tertiary/aromatic N) is 4. The van der Waals surface area contributed by atoms with Crippen LogP contribution >= 0.6 is 0 Å². The van der Waals surface area contributed by atoms with Gasteiger partial charge in [0, 0.05) is 12.1 Å². The van der Waals surface area contributed by atoms with Gasteiger partial charge in [0.1, 0.15) is 16.7 Å². The van der Waals surface area contributed by atoms with E-state index in [1.54, 1.807) is 11.1 Å². The highest BCUT2D eigenvalue weighted by Gasteiger charge is 2.38. The first-order chi connectivity index (χ1) is 16.8. The number of benzene rings is 1. The van der Waals surface area contributed by atoms with Crippen LogP contribution in [0, 0.1) is 5.92 Å². The Morgan fingerprint density at radius 1 is 1.31 bits per heavy atom. The van der Waals surface area contributed by atoms with E-state index >= 15 is 0 Å². The van der Waals surface area contributed by atoms with Crippen LogP contribution in [0.1, 0.15) is 59.9 Å². The zero-order valence-corrected chi connectivity index (χ0v) is 20.5. The van der Waals surface area contributed by atoms with Crippen molar-refractivity contribution in [2.75, 3.05) is 7.11 Å². The molecule has 0 bridgehead atoms. The highest BCUT2D eigenvalue weighted by atomic mass is 32.2. The third-order valence-corrected chi connectivity index (χ3v) is 8.42. The molecule has 3 aromatic rings. The summed E-state index contributed by atoms with van der Waals surface area (Å²) in [6.07, 6.45) is 7.69. The molecular formula is C24H29N5O5S. The smallest absolute Gasteiger partial charge is 0.246 e. The Hall–Kier alpha value is -3.18. The lowest BCUT2D eigenvalue weighted by Crippen LogP contribution is -2.29. The Bertz CT molecular complexity index is 1390. The minimum atomic E-state index is -3.91. The molecule has 0 radical (unpaired) electrons. The van der Waals surface area contributed by atoms with Gasteiger partial charge in [-0.05, 0) is 42.5 Å². The third kappa shape index (κ3) is 4.34. The summed E-state index contributed by atoms with van der Waals surface area (Å²) in [5, 5.41) is 14.0. The summed E-state index contributed by atoms with van der Waals surface area (Å²) >= 11 is 0. The Kier molecular flexibility index (Phi) is 6.14. The molecule has 0 saturated heterocycles. The van der Waals surface area contributed by atoms with Gasteiger partial charge >= 0.3 is 0 Å². The lowest BCUT2D eigenvalue weighted by Gasteiger charge is -2.27. The van der Waals surface area contributed by atoms with Gasteiger partial charge in [-0.25, -0.2) is 13.6 Å². The van der Waals surface area contributed by atoms with Gasteiger partial charge in [-0.1, -0.05) is 31.0 Å². The van der Waals surface area contributed by atoms with Crippen LogP contribution in [0.5, 0.6) is 5.75 Å². The molecule has 186 valence electrons. The number of ether oxygens (including phenoxy) is 1. The number of aromatic nitrogens is 3. The number of carbonyl (C=O) groups excluding carboxylic acids is 1. The highest BCUT2D eigenvalue weighted by Crippen LogP contribution is 2.43. The highest BCUT2D eigenvalue weighted by molar-refractivity contribution is 7.89. The molecule has 2 N–H and O–H groups in total. The number of hydrogen-bond acceptors (Lipinski definition) is 7. The third-order valence-electron chi connectivity index (χ3n) is 7.10. The van der Waals surface area contributed by atoms with Gasteiger partial charge in [-0.2, -0.15) is 5.10 Å². The molecule has 2 aromatic heterocycles. The number of hydrogen-bond donors (Lipinski definition) is 1. The number of fused-ring (bicyclic) bond motifs is 2. The van der Waals surface area contributed by atoms with Crippen LogP contribution in [0.2, 0.25) is 0 Å². The largest absolute Gasteiger partial charge is 0.496 e. The molecule has 1 atom stereocenters. The van der Waals surface area contributed by atoms with Gasteiger partial charge in [0.05, 0.1) is 37.5 Å². The average Bonchev–Trinajstić information content (AvgIpc) is 3.54. The van der Waals surface area contributed by atoms with E-state index in [-0.39, 0.29) is 11.8 Å². The van der Waals surface area contributed by atoms with E-state index in [1.807, 2.05) is 16.8 Å². The van der Waals surface area contributed by atoms with Crippen molar-refractivity contribution in [3.05, 3.63) is 53.5 Å². The van der Waals surface area contributed by atoms with E-state index in [0.717, 1.165) is 48.9 Å². The molecule has 2 aliphatic rings. The molecule has 11 heteroatoms. The lowest BCUT2D eigenvalue weighted by atomic mass is 9.85. The van der Waals surface area contributed by atoms with Crippen molar-refractivity contribution in [1.29, 1.82) is 0 Å². The molecule has 10 nitrogen and oxygen atoms in total. The van der Waals surface area contributed by atoms with Crippen LogP contribution in [0.4, 0.5) is 0 Å². The fraction of sp³-hybridized carbons (Fsp3) is 0.458. The van der Waals surface area contributed by atoms with E-state index in [1.165, 1.54) is 13.2 Å². The van der Waals surface area contributed by atoms with Gasteiger partial charge in [0.25, 0.3) is 0 Å². The Morgan fingerprint density at radius 2 is 2.09 bits per heavy atom. The van der Waals surface area contributed by atoms with Crippen LogP contribution in [-0.4, -0.2) is 41.3 Å². The number of primary sulfonamides is 1. The summed E-state index contributed by atoms with van der Waals surface area (Å²) in [6.45, 7) is 4.95. The topological polar surface area (TPSA) is 134 Å². The zero-order valence-electron chi connectivity index (χ0n) is 19.6. The fourth-order valence-corrected chi connectivity index (χ4v) is 6.72. The molecule has 1 fully saturated rings. The Morgan fingerprint density at radius 3 is 2.77 bits per heavy atom. The average molecular weight is 500 g/mol. The molecule has 1 aliphatic heterocycles. The molecule has 1 amide bonds. The number of amides is 1. The number of carbonyl (C=O) groups is 1. The molecule has 1 unspecified atom stereocenters. The van der Waals surface area contributed by atoms with Gasteiger partial charge < -0.3 is 14.2 Å². The number of rotatable bonds is 7. The summed E-state index contributed by atoms with van der Waals surface area (Å²) in [7, 11) is -2.37. The van der Waals surface area contributed by atoms with E-state index in [9.17, 15) is 13.2 Å². The van der Waals surface area contributed by atoms with Crippen LogP contribution in [-0.2, 0) is 34.5 Å². The fourth-order valence-electron chi connectivity index (χ4n) is 5.44. The standard InChI is InChI=1S/C24H29N5O5S/c1-3-21(30)28-13-17-11-26-29(18(17)14-28)12-15-9-19(33-2)22-20(10-15)34-27-23(22)24(35(25,31)32)16-7-5-4-6-8-16/h3,9-11,16,24H,1,4-8,12-14H2,2H3,(H2,25,31,32). The maximum absolute atomic E-state index is 12.7. The van der Waals surface area contributed by atoms with Gasteiger partial charge in [0.2, 0.25) is 15.9 Å². The van der Waals surface area contributed by atoms with Crippen molar-refractivity contribution < 1.29 is 22.5 Å². The molecule has 1 saturated carbocycles. The first kappa shape index (κ1) is 23.6. The summed E-state index contributed by atoms with van der Waals surface area (Å²) in [4.78, 5) is 13.7. The zero-order chi connectivity index (χ0) is 24.7. The van der Waals surface area contributed by atoms with E-state index in [4.69, 9.17) is 14.4 Å². The quantitative estimate of drug-likeness (QED) is 0.494. The summed E-state index contributed by atoms with van der Waals surface area (Å²) in [5.41, 5.74) is 3.56. The second kappa shape index (κ2) is 9.12. The maximum atomic E-state index is 12.7. The van der Waals surface area contributed by atoms with E-state index in [2.05, 4.69) is 16.8 Å².